The number of benzene rings is 1. The maximum atomic E-state index is 12.0. The van der Waals surface area contributed by atoms with E-state index in [0.717, 1.165) is 24.9 Å². The number of nitrogens with zero attached hydrogens (tertiary/aromatic N) is 1. The van der Waals surface area contributed by atoms with Gasteiger partial charge in [-0.05, 0) is 30.2 Å². The fraction of sp³-hybridized carbons (Fsp3) is 0.385. The van der Waals surface area contributed by atoms with E-state index >= 15 is 0 Å². The molecule has 2 rings (SSSR count). The maximum absolute atomic E-state index is 12.0. The van der Waals surface area contributed by atoms with Crippen LogP contribution in [0.5, 0.6) is 0 Å². The Hall–Kier alpha value is -1.84. The Labute approximate surface area is 99.9 Å². The lowest BCUT2D eigenvalue weighted by Crippen LogP contribution is -2.24. The van der Waals surface area contributed by atoms with Crippen LogP contribution in [0, 0.1) is 0 Å². The van der Waals surface area contributed by atoms with Gasteiger partial charge in [0, 0.05) is 18.7 Å². The average Bonchev–Trinajstić information content (AvgIpc) is 2.63. The number of carboxylic acids is 1. The fourth-order valence-corrected chi connectivity index (χ4v) is 2.04. The zero-order valence-corrected chi connectivity index (χ0v) is 9.77. The van der Waals surface area contributed by atoms with E-state index in [0.29, 0.717) is 12.1 Å². The summed E-state index contributed by atoms with van der Waals surface area (Å²) in [6.45, 7) is 3.36. The van der Waals surface area contributed by atoms with Crippen LogP contribution in [-0.4, -0.2) is 28.4 Å². The predicted molar refractivity (Wildman–Crippen MR) is 63.0 cm³/mol. The van der Waals surface area contributed by atoms with E-state index in [4.69, 9.17) is 5.11 Å². The largest absolute Gasteiger partial charge is 0.478 e. The third-order valence-corrected chi connectivity index (χ3v) is 3.01. The minimum atomic E-state index is -0.952. The van der Waals surface area contributed by atoms with Gasteiger partial charge in [0.25, 0.3) is 5.91 Å². The van der Waals surface area contributed by atoms with Gasteiger partial charge in [-0.25, -0.2) is 4.79 Å². The summed E-state index contributed by atoms with van der Waals surface area (Å²) in [4.78, 5) is 24.6. The van der Waals surface area contributed by atoms with Gasteiger partial charge in [-0.2, -0.15) is 0 Å². The molecule has 17 heavy (non-hydrogen) atoms. The van der Waals surface area contributed by atoms with Crippen molar-refractivity contribution in [3.8, 4) is 0 Å². The molecule has 0 radical (unpaired) electrons. The van der Waals surface area contributed by atoms with Gasteiger partial charge in [0.1, 0.15) is 0 Å². The Bertz CT molecular complexity index is 468. The number of amides is 1. The zero-order chi connectivity index (χ0) is 12.4. The summed E-state index contributed by atoms with van der Waals surface area (Å²) in [5.74, 6) is -0.933. The van der Waals surface area contributed by atoms with Crippen LogP contribution in [0.25, 0.3) is 0 Å². The molecular formula is C13H15NO3. The molecule has 0 spiro atoms. The molecule has 0 atom stereocenters. The molecule has 1 aliphatic heterocycles. The van der Waals surface area contributed by atoms with E-state index in [9.17, 15) is 9.59 Å². The quantitative estimate of drug-likeness (QED) is 0.866. The minimum absolute atomic E-state index is 0.0189. The molecule has 0 aliphatic carbocycles. The van der Waals surface area contributed by atoms with Crippen LogP contribution in [0.2, 0.25) is 0 Å². The van der Waals surface area contributed by atoms with Crippen LogP contribution in [0.4, 0.5) is 0 Å². The molecule has 1 heterocycles. The second-order valence-electron chi connectivity index (χ2n) is 4.26. The summed E-state index contributed by atoms with van der Waals surface area (Å²) in [6, 6.07) is 4.71. The van der Waals surface area contributed by atoms with Gasteiger partial charge in [0.15, 0.2) is 0 Å². The van der Waals surface area contributed by atoms with Gasteiger partial charge < -0.3 is 10.0 Å². The number of carbonyl (C=O) groups excluding carboxylic acids is 1. The summed E-state index contributed by atoms with van der Waals surface area (Å²) in [5.41, 5.74) is 1.71. The summed E-state index contributed by atoms with van der Waals surface area (Å²) >= 11 is 0. The monoisotopic (exact) mass is 233 g/mol. The number of rotatable bonds is 4. The van der Waals surface area contributed by atoms with Crippen molar-refractivity contribution in [2.45, 2.75) is 26.3 Å². The van der Waals surface area contributed by atoms with E-state index in [1.165, 1.54) is 6.07 Å². The molecule has 1 aliphatic rings. The first kappa shape index (κ1) is 11.6. The Kier molecular flexibility index (Phi) is 3.13. The smallest absolute Gasteiger partial charge is 0.335 e. The zero-order valence-electron chi connectivity index (χ0n) is 9.77. The van der Waals surface area contributed by atoms with Crippen molar-refractivity contribution < 1.29 is 14.7 Å². The van der Waals surface area contributed by atoms with E-state index in [2.05, 4.69) is 6.92 Å². The van der Waals surface area contributed by atoms with Crippen molar-refractivity contribution in [3.63, 3.8) is 0 Å². The Morgan fingerprint density at radius 1 is 1.47 bits per heavy atom. The van der Waals surface area contributed by atoms with Gasteiger partial charge in [-0.3, -0.25) is 4.79 Å². The van der Waals surface area contributed by atoms with Crippen LogP contribution < -0.4 is 0 Å². The van der Waals surface area contributed by atoms with Crippen LogP contribution in [0.15, 0.2) is 18.2 Å². The van der Waals surface area contributed by atoms with Gasteiger partial charge in [-0.15, -0.1) is 0 Å². The van der Waals surface area contributed by atoms with Gasteiger partial charge in [-0.1, -0.05) is 13.3 Å². The first-order valence-corrected chi connectivity index (χ1v) is 5.79. The molecule has 1 aromatic rings. The summed E-state index contributed by atoms with van der Waals surface area (Å²) in [5, 5.41) is 8.89. The standard InChI is InChI=1S/C13H15NO3/c1-2-3-6-14-8-10-7-9(13(16)17)4-5-11(10)12(14)15/h4-5,7H,2-3,6,8H2,1H3,(H,16,17). The average molecular weight is 233 g/mol. The van der Waals surface area contributed by atoms with E-state index in [1.807, 2.05) is 0 Å². The maximum Gasteiger partial charge on any atom is 0.335 e. The number of aromatic carboxylic acids is 1. The van der Waals surface area contributed by atoms with Gasteiger partial charge >= 0.3 is 5.97 Å². The van der Waals surface area contributed by atoms with Crippen LogP contribution in [-0.2, 0) is 6.54 Å². The second-order valence-corrected chi connectivity index (χ2v) is 4.26. The normalized spacial score (nSPS) is 13.9. The molecule has 0 unspecified atom stereocenters. The number of unbranched alkanes of at least 4 members (excludes halogenated alkanes) is 1. The number of carboxylic acid groups (broad SMARTS) is 1. The van der Waals surface area contributed by atoms with E-state index in [1.54, 1.807) is 17.0 Å². The Morgan fingerprint density at radius 2 is 2.24 bits per heavy atom. The topological polar surface area (TPSA) is 57.6 Å². The molecule has 4 heteroatoms. The van der Waals surface area contributed by atoms with Crippen molar-refractivity contribution in [2.75, 3.05) is 6.54 Å². The second kappa shape index (κ2) is 4.57. The van der Waals surface area contributed by atoms with Crippen molar-refractivity contribution >= 4 is 11.9 Å². The highest BCUT2D eigenvalue weighted by Gasteiger charge is 2.27. The first-order chi connectivity index (χ1) is 8.13. The molecule has 0 aromatic heterocycles. The summed E-state index contributed by atoms with van der Waals surface area (Å²) in [6.07, 6.45) is 2.02. The lowest BCUT2D eigenvalue weighted by atomic mass is 10.1. The molecule has 0 saturated carbocycles. The number of carbonyl (C=O) groups is 2. The van der Waals surface area contributed by atoms with Gasteiger partial charge in [0.05, 0.1) is 5.56 Å². The highest BCUT2D eigenvalue weighted by Crippen LogP contribution is 2.24. The first-order valence-electron chi connectivity index (χ1n) is 5.79. The van der Waals surface area contributed by atoms with Crippen molar-refractivity contribution in [1.82, 2.24) is 4.90 Å². The van der Waals surface area contributed by atoms with Crippen LogP contribution >= 0.6 is 0 Å². The highest BCUT2D eigenvalue weighted by atomic mass is 16.4. The molecule has 0 bridgehead atoms. The number of hydrogen-bond donors (Lipinski definition) is 1. The predicted octanol–water partition coefficient (Wildman–Crippen LogP) is 2.14. The van der Waals surface area contributed by atoms with Crippen LogP contribution in [0.1, 0.15) is 46.0 Å². The molecule has 1 aromatic carbocycles. The van der Waals surface area contributed by atoms with Gasteiger partial charge in [0.2, 0.25) is 0 Å². The third kappa shape index (κ3) is 2.16. The third-order valence-electron chi connectivity index (χ3n) is 3.01. The highest BCUT2D eigenvalue weighted by molar-refractivity contribution is 5.99. The summed E-state index contributed by atoms with van der Waals surface area (Å²) < 4.78 is 0. The van der Waals surface area contributed by atoms with Crippen molar-refractivity contribution in [2.24, 2.45) is 0 Å². The Balaban J connectivity index is 2.22. The van der Waals surface area contributed by atoms with Crippen molar-refractivity contribution in [1.29, 1.82) is 0 Å². The lowest BCUT2D eigenvalue weighted by molar-refractivity contribution is 0.0696. The number of fused-ring (bicyclic) bond motifs is 1. The van der Waals surface area contributed by atoms with E-state index < -0.39 is 5.97 Å². The Morgan fingerprint density at radius 3 is 2.88 bits per heavy atom. The fourth-order valence-electron chi connectivity index (χ4n) is 2.04. The SMILES string of the molecule is CCCCN1Cc2cc(C(=O)O)ccc2C1=O. The lowest BCUT2D eigenvalue weighted by Gasteiger charge is -2.14. The van der Waals surface area contributed by atoms with Crippen LogP contribution in [0.3, 0.4) is 0 Å². The molecule has 0 fully saturated rings. The number of hydrogen-bond acceptors (Lipinski definition) is 2. The molecule has 1 N–H and O–H groups in total. The van der Waals surface area contributed by atoms with Crippen molar-refractivity contribution in [3.05, 3.63) is 34.9 Å². The van der Waals surface area contributed by atoms with E-state index in [-0.39, 0.29) is 11.5 Å². The molecule has 0 saturated heterocycles. The molecule has 1 amide bonds. The summed E-state index contributed by atoms with van der Waals surface area (Å²) in [7, 11) is 0. The molecule has 4 nitrogen and oxygen atoms in total. The molecular weight excluding hydrogens is 218 g/mol. The minimum Gasteiger partial charge on any atom is -0.478 e. The molecule has 90 valence electrons.